The third-order valence-electron chi connectivity index (χ3n) is 3.29. The molecule has 0 aromatic heterocycles. The van der Waals surface area contributed by atoms with Gasteiger partial charge in [-0.1, -0.05) is 47.0 Å². The smallest absolute Gasteiger partial charge is 0.237 e. The number of carbonyl (C=O) groups excluding carboxylic acids is 1. The molecule has 1 saturated heterocycles. The molecule has 0 aliphatic carbocycles. The molecule has 0 bridgehead atoms. The van der Waals surface area contributed by atoms with Gasteiger partial charge in [-0.2, -0.15) is 0 Å². The molecule has 1 atom stereocenters. The second kappa shape index (κ2) is 6.90. The Labute approximate surface area is 116 Å². The summed E-state index contributed by atoms with van der Waals surface area (Å²) in [6.07, 6.45) is 4.48. The summed E-state index contributed by atoms with van der Waals surface area (Å²) in [5.74, 6) is 0.118. The summed E-state index contributed by atoms with van der Waals surface area (Å²) in [4.78, 5) is 12.0. The number of hydrogen-bond acceptors (Lipinski definition) is 2. The molecule has 2 N–H and O–H groups in total. The highest BCUT2D eigenvalue weighted by Crippen LogP contribution is 2.15. The molecule has 0 saturated carbocycles. The van der Waals surface area contributed by atoms with Gasteiger partial charge in [0.1, 0.15) is 0 Å². The Bertz CT molecular complexity index is 401. The molecule has 2 rings (SSSR count). The van der Waals surface area contributed by atoms with Crippen molar-refractivity contribution in [2.45, 2.75) is 38.3 Å². The predicted molar refractivity (Wildman–Crippen MR) is 76.2 cm³/mol. The Hall–Kier alpha value is -0.870. The largest absolute Gasteiger partial charge is 0.351 e. The van der Waals surface area contributed by atoms with E-state index in [1.54, 1.807) is 0 Å². The Morgan fingerprint density at radius 1 is 1.33 bits per heavy atom. The lowest BCUT2D eigenvalue weighted by molar-refractivity contribution is -0.123. The fourth-order valence-electron chi connectivity index (χ4n) is 2.20. The summed E-state index contributed by atoms with van der Waals surface area (Å²) in [5.41, 5.74) is 1.11. The maximum absolute atomic E-state index is 12.0. The second-order valence-corrected chi connectivity index (χ2v) is 5.52. The van der Waals surface area contributed by atoms with E-state index in [0.29, 0.717) is 6.54 Å². The van der Waals surface area contributed by atoms with Gasteiger partial charge in [-0.3, -0.25) is 4.79 Å². The molecule has 0 radical (unpaired) electrons. The van der Waals surface area contributed by atoms with Crippen molar-refractivity contribution in [2.24, 2.45) is 0 Å². The number of rotatable bonds is 3. The maximum atomic E-state index is 12.0. The van der Waals surface area contributed by atoms with Crippen molar-refractivity contribution in [3.63, 3.8) is 0 Å². The standard InChI is InChI=1S/C14H19BrN2O/c15-12-7-4-3-6-11(12)10-17-14(18)13-8-2-1-5-9-16-13/h3-4,6-7,13,16H,1-2,5,8-10H2,(H,17,18). The molecular weight excluding hydrogens is 292 g/mol. The molecule has 4 heteroatoms. The number of amides is 1. The van der Waals surface area contributed by atoms with E-state index in [1.807, 2.05) is 24.3 Å². The molecule has 1 aliphatic heterocycles. The topological polar surface area (TPSA) is 41.1 Å². The van der Waals surface area contributed by atoms with Crippen molar-refractivity contribution < 1.29 is 4.79 Å². The Morgan fingerprint density at radius 3 is 3.00 bits per heavy atom. The first kappa shape index (κ1) is 13.6. The number of hydrogen-bond donors (Lipinski definition) is 2. The van der Waals surface area contributed by atoms with E-state index in [-0.39, 0.29) is 11.9 Å². The van der Waals surface area contributed by atoms with Gasteiger partial charge in [0.25, 0.3) is 0 Å². The molecule has 1 aromatic carbocycles. The van der Waals surface area contributed by atoms with Crippen LogP contribution in [0.1, 0.15) is 31.2 Å². The number of halogens is 1. The van der Waals surface area contributed by atoms with Crippen molar-refractivity contribution in [1.82, 2.24) is 10.6 Å². The Kier molecular flexibility index (Phi) is 5.20. The minimum Gasteiger partial charge on any atom is -0.351 e. The van der Waals surface area contributed by atoms with Crippen LogP contribution in [0, 0.1) is 0 Å². The van der Waals surface area contributed by atoms with Gasteiger partial charge < -0.3 is 10.6 Å². The molecule has 1 aliphatic rings. The minimum atomic E-state index is -0.0185. The lowest BCUT2D eigenvalue weighted by atomic mass is 10.1. The van der Waals surface area contributed by atoms with Crippen LogP contribution in [0.5, 0.6) is 0 Å². The van der Waals surface area contributed by atoms with Gasteiger partial charge in [0.2, 0.25) is 5.91 Å². The summed E-state index contributed by atoms with van der Waals surface area (Å²) in [7, 11) is 0. The first-order valence-electron chi connectivity index (χ1n) is 6.52. The fourth-order valence-corrected chi connectivity index (χ4v) is 2.62. The van der Waals surface area contributed by atoms with Crippen LogP contribution in [0.25, 0.3) is 0 Å². The molecule has 1 aromatic rings. The van der Waals surface area contributed by atoms with Gasteiger partial charge in [0, 0.05) is 11.0 Å². The number of carbonyl (C=O) groups is 1. The molecular formula is C14H19BrN2O. The average Bonchev–Trinajstić information content (AvgIpc) is 2.66. The SMILES string of the molecule is O=C(NCc1ccccc1Br)C1CCCCCN1. The van der Waals surface area contributed by atoms with Crippen LogP contribution < -0.4 is 10.6 Å². The zero-order chi connectivity index (χ0) is 12.8. The van der Waals surface area contributed by atoms with E-state index >= 15 is 0 Å². The normalized spacial score (nSPS) is 20.2. The van der Waals surface area contributed by atoms with E-state index < -0.39 is 0 Å². The number of nitrogens with one attached hydrogen (secondary N) is 2. The van der Waals surface area contributed by atoms with E-state index in [9.17, 15) is 4.79 Å². The molecule has 3 nitrogen and oxygen atoms in total. The van der Waals surface area contributed by atoms with Gasteiger partial charge in [-0.25, -0.2) is 0 Å². The molecule has 0 spiro atoms. The van der Waals surface area contributed by atoms with Gasteiger partial charge in [-0.15, -0.1) is 0 Å². The van der Waals surface area contributed by atoms with E-state index in [2.05, 4.69) is 26.6 Å². The van der Waals surface area contributed by atoms with Crippen molar-refractivity contribution in [1.29, 1.82) is 0 Å². The highest BCUT2D eigenvalue weighted by atomic mass is 79.9. The molecule has 1 unspecified atom stereocenters. The monoisotopic (exact) mass is 310 g/mol. The lowest BCUT2D eigenvalue weighted by Crippen LogP contribution is -2.43. The van der Waals surface area contributed by atoms with E-state index in [0.717, 1.165) is 29.4 Å². The van der Waals surface area contributed by atoms with Crippen LogP contribution in [-0.4, -0.2) is 18.5 Å². The summed E-state index contributed by atoms with van der Waals surface area (Å²) in [6, 6.07) is 7.95. The summed E-state index contributed by atoms with van der Waals surface area (Å²) in [5, 5.41) is 6.31. The van der Waals surface area contributed by atoms with Crippen molar-refractivity contribution >= 4 is 21.8 Å². The minimum absolute atomic E-state index is 0.0185. The summed E-state index contributed by atoms with van der Waals surface area (Å²) >= 11 is 3.49. The zero-order valence-corrected chi connectivity index (χ0v) is 12.0. The fraction of sp³-hybridized carbons (Fsp3) is 0.500. The van der Waals surface area contributed by atoms with Crippen LogP contribution in [0.3, 0.4) is 0 Å². The van der Waals surface area contributed by atoms with Gasteiger partial charge in [0.05, 0.1) is 6.04 Å². The molecule has 1 fully saturated rings. The maximum Gasteiger partial charge on any atom is 0.237 e. The first-order chi connectivity index (χ1) is 8.77. The highest BCUT2D eigenvalue weighted by Gasteiger charge is 2.18. The van der Waals surface area contributed by atoms with Crippen molar-refractivity contribution in [3.8, 4) is 0 Å². The number of benzene rings is 1. The van der Waals surface area contributed by atoms with E-state index in [4.69, 9.17) is 0 Å². The second-order valence-electron chi connectivity index (χ2n) is 4.67. The van der Waals surface area contributed by atoms with Crippen LogP contribution >= 0.6 is 15.9 Å². The van der Waals surface area contributed by atoms with Crippen LogP contribution in [0.2, 0.25) is 0 Å². The Morgan fingerprint density at radius 2 is 2.17 bits per heavy atom. The van der Waals surface area contributed by atoms with Crippen molar-refractivity contribution in [2.75, 3.05) is 6.54 Å². The van der Waals surface area contributed by atoms with Crippen molar-refractivity contribution in [3.05, 3.63) is 34.3 Å². The Balaban J connectivity index is 1.86. The highest BCUT2D eigenvalue weighted by molar-refractivity contribution is 9.10. The molecule has 1 heterocycles. The van der Waals surface area contributed by atoms with Crippen LogP contribution in [-0.2, 0) is 11.3 Å². The van der Waals surface area contributed by atoms with Gasteiger partial charge in [0.15, 0.2) is 0 Å². The predicted octanol–water partition coefficient (Wildman–Crippen LogP) is 2.60. The van der Waals surface area contributed by atoms with Gasteiger partial charge in [-0.05, 0) is 31.0 Å². The first-order valence-corrected chi connectivity index (χ1v) is 7.31. The lowest BCUT2D eigenvalue weighted by Gasteiger charge is -2.15. The van der Waals surface area contributed by atoms with E-state index in [1.165, 1.54) is 12.8 Å². The zero-order valence-electron chi connectivity index (χ0n) is 10.4. The molecule has 98 valence electrons. The van der Waals surface area contributed by atoms with Gasteiger partial charge >= 0.3 is 0 Å². The third kappa shape index (κ3) is 3.82. The van der Waals surface area contributed by atoms with Crippen LogP contribution in [0.4, 0.5) is 0 Å². The summed E-state index contributed by atoms with van der Waals surface area (Å²) in [6.45, 7) is 1.53. The molecule has 1 amide bonds. The summed E-state index contributed by atoms with van der Waals surface area (Å²) < 4.78 is 1.04. The molecule has 18 heavy (non-hydrogen) atoms. The average molecular weight is 311 g/mol. The van der Waals surface area contributed by atoms with Crippen LogP contribution in [0.15, 0.2) is 28.7 Å². The quantitative estimate of drug-likeness (QED) is 0.901. The third-order valence-corrected chi connectivity index (χ3v) is 4.06.